The van der Waals surface area contributed by atoms with E-state index < -0.39 is 23.0 Å². The van der Waals surface area contributed by atoms with E-state index in [9.17, 15) is 18.8 Å². The molecular formula is C18H23FN2O3. The summed E-state index contributed by atoms with van der Waals surface area (Å²) in [5.41, 5.74) is -1.35. The molecule has 1 aliphatic rings. The van der Waals surface area contributed by atoms with Crippen LogP contribution in [0.15, 0.2) is 24.3 Å². The van der Waals surface area contributed by atoms with Crippen LogP contribution in [0.5, 0.6) is 0 Å². The van der Waals surface area contributed by atoms with Crippen molar-refractivity contribution < 1.29 is 18.8 Å². The fraction of sp³-hybridized carbons (Fsp3) is 0.500. The molecule has 2 rings (SSSR count). The van der Waals surface area contributed by atoms with Gasteiger partial charge >= 0.3 is 0 Å². The Morgan fingerprint density at radius 1 is 1.33 bits per heavy atom. The predicted molar refractivity (Wildman–Crippen MR) is 87.6 cm³/mol. The summed E-state index contributed by atoms with van der Waals surface area (Å²) in [6.45, 7) is 4.49. The molecule has 1 aliphatic heterocycles. The molecule has 1 atom stereocenters. The van der Waals surface area contributed by atoms with Gasteiger partial charge in [-0.25, -0.2) is 4.39 Å². The topological polar surface area (TPSA) is 57.7 Å². The van der Waals surface area contributed by atoms with Gasteiger partial charge in [0.1, 0.15) is 5.82 Å². The van der Waals surface area contributed by atoms with Crippen LogP contribution in [0.4, 0.5) is 4.39 Å². The van der Waals surface area contributed by atoms with Crippen LogP contribution in [0.2, 0.25) is 0 Å². The number of hydrogen-bond acceptors (Lipinski definition) is 3. The molecule has 24 heavy (non-hydrogen) atoms. The lowest BCUT2D eigenvalue weighted by Gasteiger charge is -2.29. The number of benzene rings is 1. The number of likely N-dealkylation sites (tertiary alicyclic amines) is 1. The van der Waals surface area contributed by atoms with Crippen LogP contribution < -0.4 is 0 Å². The molecule has 1 aromatic rings. The number of rotatable bonds is 5. The van der Waals surface area contributed by atoms with Crippen molar-refractivity contribution in [2.75, 3.05) is 20.6 Å². The van der Waals surface area contributed by atoms with Gasteiger partial charge in [0.15, 0.2) is 0 Å². The van der Waals surface area contributed by atoms with Gasteiger partial charge in [-0.1, -0.05) is 32.0 Å². The zero-order valence-electron chi connectivity index (χ0n) is 14.5. The van der Waals surface area contributed by atoms with Gasteiger partial charge in [-0.3, -0.25) is 19.3 Å². The quantitative estimate of drug-likeness (QED) is 0.774. The largest absolute Gasteiger partial charge is 0.345 e. The van der Waals surface area contributed by atoms with Crippen molar-refractivity contribution >= 4 is 17.7 Å². The molecule has 6 heteroatoms. The number of carbonyl (C=O) groups is 3. The Balaban J connectivity index is 2.43. The van der Waals surface area contributed by atoms with Crippen molar-refractivity contribution in [1.29, 1.82) is 0 Å². The lowest BCUT2D eigenvalue weighted by molar-refractivity contribution is -0.141. The van der Waals surface area contributed by atoms with Crippen molar-refractivity contribution in [2.45, 2.75) is 32.1 Å². The van der Waals surface area contributed by atoms with Crippen LogP contribution >= 0.6 is 0 Å². The Morgan fingerprint density at radius 3 is 2.46 bits per heavy atom. The monoisotopic (exact) mass is 334 g/mol. The van der Waals surface area contributed by atoms with Gasteiger partial charge in [-0.2, -0.15) is 0 Å². The normalized spacial score (nSPS) is 20.8. The summed E-state index contributed by atoms with van der Waals surface area (Å²) >= 11 is 0. The van der Waals surface area contributed by atoms with E-state index >= 15 is 0 Å². The third kappa shape index (κ3) is 3.18. The van der Waals surface area contributed by atoms with Crippen LogP contribution in [-0.2, 0) is 19.8 Å². The van der Waals surface area contributed by atoms with Crippen LogP contribution in [0.3, 0.4) is 0 Å². The minimum Gasteiger partial charge on any atom is -0.345 e. The highest BCUT2D eigenvalue weighted by molar-refractivity contribution is 6.10. The highest BCUT2D eigenvalue weighted by atomic mass is 19.1. The lowest BCUT2D eigenvalue weighted by atomic mass is 9.75. The first-order chi connectivity index (χ1) is 11.2. The van der Waals surface area contributed by atoms with Crippen molar-refractivity contribution in [3.63, 3.8) is 0 Å². The summed E-state index contributed by atoms with van der Waals surface area (Å²) in [6, 6.07) is 5.85. The molecule has 3 amide bonds. The van der Waals surface area contributed by atoms with E-state index in [1.165, 1.54) is 30.1 Å². The van der Waals surface area contributed by atoms with E-state index in [0.717, 1.165) is 4.90 Å². The van der Waals surface area contributed by atoms with Gasteiger partial charge in [0.25, 0.3) is 0 Å². The molecule has 0 aliphatic carbocycles. The summed E-state index contributed by atoms with van der Waals surface area (Å²) in [4.78, 5) is 39.9. The van der Waals surface area contributed by atoms with Crippen molar-refractivity contribution in [3.8, 4) is 0 Å². The summed E-state index contributed by atoms with van der Waals surface area (Å²) in [7, 11) is 3.03. The van der Waals surface area contributed by atoms with Gasteiger partial charge in [0.2, 0.25) is 17.7 Å². The molecule has 0 saturated carbocycles. The Hall–Kier alpha value is -2.24. The van der Waals surface area contributed by atoms with Crippen LogP contribution in [0.25, 0.3) is 0 Å². The SMILES string of the molecule is CC(C)CN(C)C(=O)CC1(c2ccccc2F)CC(=O)N(C)C1=O. The van der Waals surface area contributed by atoms with Crippen molar-refractivity contribution in [3.05, 3.63) is 35.6 Å². The van der Waals surface area contributed by atoms with E-state index in [0.29, 0.717) is 6.54 Å². The second-order valence-corrected chi connectivity index (χ2v) is 6.84. The predicted octanol–water partition coefficient (Wildman–Crippen LogP) is 1.96. The van der Waals surface area contributed by atoms with E-state index in [1.807, 2.05) is 13.8 Å². The van der Waals surface area contributed by atoms with E-state index in [-0.39, 0.29) is 30.2 Å². The summed E-state index contributed by atoms with van der Waals surface area (Å²) in [6.07, 6.45) is -0.406. The number of halogens is 1. The van der Waals surface area contributed by atoms with Crippen molar-refractivity contribution in [1.82, 2.24) is 9.80 Å². The second kappa shape index (κ2) is 6.71. The summed E-state index contributed by atoms with van der Waals surface area (Å²) < 4.78 is 14.4. The average Bonchev–Trinajstić information content (AvgIpc) is 2.72. The molecule has 0 N–H and O–H groups in total. The smallest absolute Gasteiger partial charge is 0.240 e. The van der Waals surface area contributed by atoms with E-state index in [1.54, 1.807) is 13.1 Å². The zero-order chi connectivity index (χ0) is 18.1. The first kappa shape index (κ1) is 18.1. The minimum absolute atomic E-state index is 0.110. The van der Waals surface area contributed by atoms with Gasteiger partial charge in [0, 0.05) is 39.0 Å². The fourth-order valence-electron chi connectivity index (χ4n) is 3.22. The molecule has 1 saturated heterocycles. The van der Waals surface area contributed by atoms with Gasteiger partial charge < -0.3 is 4.90 Å². The molecule has 130 valence electrons. The molecule has 1 heterocycles. The highest BCUT2D eigenvalue weighted by Crippen LogP contribution is 2.40. The number of likely N-dealkylation sites (N-methyl/N-ethyl adjacent to an activating group) is 1. The van der Waals surface area contributed by atoms with Gasteiger partial charge in [0.05, 0.1) is 5.41 Å². The Morgan fingerprint density at radius 2 is 1.96 bits per heavy atom. The van der Waals surface area contributed by atoms with Crippen LogP contribution in [0, 0.1) is 11.7 Å². The first-order valence-corrected chi connectivity index (χ1v) is 7.99. The van der Waals surface area contributed by atoms with Crippen LogP contribution in [0.1, 0.15) is 32.3 Å². The number of imide groups is 1. The van der Waals surface area contributed by atoms with Crippen molar-refractivity contribution in [2.24, 2.45) is 5.92 Å². The van der Waals surface area contributed by atoms with E-state index in [2.05, 4.69) is 0 Å². The number of nitrogens with zero attached hydrogens (tertiary/aromatic N) is 2. The van der Waals surface area contributed by atoms with Gasteiger partial charge in [-0.05, 0) is 12.0 Å². The molecule has 0 bridgehead atoms. The van der Waals surface area contributed by atoms with Gasteiger partial charge in [-0.15, -0.1) is 0 Å². The average molecular weight is 334 g/mol. The highest BCUT2D eigenvalue weighted by Gasteiger charge is 2.53. The number of carbonyl (C=O) groups excluding carboxylic acids is 3. The molecular weight excluding hydrogens is 311 g/mol. The van der Waals surface area contributed by atoms with E-state index in [4.69, 9.17) is 0 Å². The molecule has 1 fully saturated rings. The number of amides is 3. The zero-order valence-corrected chi connectivity index (χ0v) is 14.5. The third-order valence-corrected chi connectivity index (χ3v) is 4.45. The summed E-state index contributed by atoms with van der Waals surface area (Å²) in [5, 5.41) is 0. The Bertz CT molecular complexity index is 674. The minimum atomic E-state index is -1.46. The molecule has 1 aromatic carbocycles. The molecule has 0 spiro atoms. The second-order valence-electron chi connectivity index (χ2n) is 6.84. The lowest BCUT2D eigenvalue weighted by Crippen LogP contribution is -2.43. The maximum absolute atomic E-state index is 14.4. The maximum Gasteiger partial charge on any atom is 0.240 e. The molecule has 5 nitrogen and oxygen atoms in total. The summed E-state index contributed by atoms with van der Waals surface area (Å²) in [5.74, 6) is -1.50. The Kier molecular flexibility index (Phi) is 5.06. The molecule has 1 unspecified atom stereocenters. The molecule has 0 aromatic heterocycles. The Labute approximate surface area is 141 Å². The van der Waals surface area contributed by atoms with Crippen LogP contribution in [-0.4, -0.2) is 48.2 Å². The molecule has 0 radical (unpaired) electrons. The maximum atomic E-state index is 14.4. The third-order valence-electron chi connectivity index (χ3n) is 4.45. The fourth-order valence-corrected chi connectivity index (χ4v) is 3.22. The standard InChI is InChI=1S/C18H23FN2O3/c1-12(2)11-20(3)15(22)9-18(10-16(23)21(4)17(18)24)13-7-5-6-8-14(13)19/h5-8,12H,9-11H2,1-4H3. The first-order valence-electron chi connectivity index (χ1n) is 7.99. The number of hydrogen-bond donors (Lipinski definition) is 0.